The largest absolute Gasteiger partial charge is 0.566 e. The fraction of sp³-hybridized carbons (Fsp3) is 0.161. The lowest BCUT2D eigenvalue weighted by atomic mass is 9.72. The zero-order valence-electron chi connectivity index (χ0n) is 23.5. The standard InChI is InChI=1S/C31H23BF6N2O5/c1-17-3-9-22(10-4-17)44-23-11-5-19(6-12-23)28(43)40-24-15-20(7-13-26(24)42)29(30(33,34)35,31(36,37)38)21-8-14-27(45-32)25(16-21)39-18(2)41/h3-16,42H,1-2H3,(H,39,41)(H,40,43). The van der Waals surface area contributed by atoms with E-state index < -0.39 is 63.6 Å². The van der Waals surface area contributed by atoms with E-state index >= 15 is 0 Å². The number of benzene rings is 4. The van der Waals surface area contributed by atoms with E-state index in [1.54, 1.807) is 12.1 Å². The molecule has 3 N–H and O–H groups in total. The van der Waals surface area contributed by atoms with Crippen LogP contribution in [0.1, 0.15) is 34.0 Å². The van der Waals surface area contributed by atoms with Gasteiger partial charge < -0.3 is 25.1 Å². The lowest BCUT2D eigenvalue weighted by Gasteiger charge is -2.38. The number of hydrogen-bond acceptors (Lipinski definition) is 5. The molecule has 0 saturated carbocycles. The summed E-state index contributed by atoms with van der Waals surface area (Å²) in [6.45, 7) is 2.88. The van der Waals surface area contributed by atoms with Crippen molar-refractivity contribution in [3.05, 3.63) is 107 Å². The number of carbonyl (C=O) groups excluding carboxylic acids is 2. The summed E-state index contributed by atoms with van der Waals surface area (Å²) in [5.41, 5.74) is -7.72. The van der Waals surface area contributed by atoms with E-state index in [2.05, 4.69) is 15.3 Å². The Balaban J connectivity index is 1.74. The maximum atomic E-state index is 14.8. The summed E-state index contributed by atoms with van der Waals surface area (Å²) in [5.74, 6) is -2.08. The highest BCUT2D eigenvalue weighted by Gasteiger charge is 2.72. The molecule has 0 aliphatic heterocycles. The quantitative estimate of drug-likeness (QED) is 0.106. The number of aryl methyl sites for hydroxylation is 1. The Bertz CT molecular complexity index is 1690. The summed E-state index contributed by atoms with van der Waals surface area (Å²) in [5, 5.41) is 14.6. The number of rotatable bonds is 8. The third kappa shape index (κ3) is 6.69. The number of aromatic hydroxyl groups is 1. The molecule has 0 heterocycles. The van der Waals surface area contributed by atoms with Crippen LogP contribution in [0.3, 0.4) is 0 Å². The predicted octanol–water partition coefficient (Wildman–Crippen LogP) is 7.58. The molecule has 4 aromatic rings. The van der Waals surface area contributed by atoms with Crippen LogP contribution >= 0.6 is 0 Å². The van der Waals surface area contributed by atoms with E-state index in [-0.39, 0.29) is 5.56 Å². The first-order valence-corrected chi connectivity index (χ1v) is 13.0. The van der Waals surface area contributed by atoms with Crippen molar-refractivity contribution in [2.24, 2.45) is 0 Å². The molecule has 0 bridgehead atoms. The molecule has 45 heavy (non-hydrogen) atoms. The highest BCUT2D eigenvalue weighted by atomic mass is 19.4. The van der Waals surface area contributed by atoms with Crippen molar-refractivity contribution in [2.45, 2.75) is 31.6 Å². The summed E-state index contributed by atoms with van der Waals surface area (Å²) >= 11 is 0. The molecule has 232 valence electrons. The first-order chi connectivity index (χ1) is 21.1. The van der Waals surface area contributed by atoms with Crippen LogP contribution in [0.15, 0.2) is 84.9 Å². The first-order valence-electron chi connectivity index (χ1n) is 13.0. The van der Waals surface area contributed by atoms with E-state index in [0.29, 0.717) is 41.8 Å². The Morgan fingerprint density at radius 1 is 0.733 bits per heavy atom. The van der Waals surface area contributed by atoms with Gasteiger partial charge in [-0.25, -0.2) is 0 Å². The van der Waals surface area contributed by atoms with Gasteiger partial charge in [-0.1, -0.05) is 29.8 Å². The average molecular weight is 628 g/mol. The molecule has 0 fully saturated rings. The average Bonchev–Trinajstić information content (AvgIpc) is 2.95. The smallest absolute Gasteiger partial charge is 0.411 e. The summed E-state index contributed by atoms with van der Waals surface area (Å²) < 4.78 is 98.8. The van der Waals surface area contributed by atoms with Crippen LogP contribution in [0.2, 0.25) is 0 Å². The van der Waals surface area contributed by atoms with E-state index in [0.717, 1.165) is 18.6 Å². The third-order valence-electron chi connectivity index (χ3n) is 6.75. The van der Waals surface area contributed by atoms with E-state index in [1.807, 2.05) is 19.1 Å². The summed E-state index contributed by atoms with van der Waals surface area (Å²) in [6.07, 6.45) is -12.0. The Morgan fingerprint density at radius 3 is 1.76 bits per heavy atom. The summed E-state index contributed by atoms with van der Waals surface area (Å²) in [4.78, 5) is 24.5. The number of phenolic OH excluding ortho intramolecular Hbond substituents is 1. The number of anilines is 2. The van der Waals surface area contributed by atoms with Crippen molar-refractivity contribution in [1.29, 1.82) is 0 Å². The molecule has 0 aliphatic rings. The van der Waals surface area contributed by atoms with Crippen molar-refractivity contribution < 1.29 is 50.4 Å². The monoisotopic (exact) mass is 628 g/mol. The van der Waals surface area contributed by atoms with Crippen molar-refractivity contribution in [2.75, 3.05) is 10.6 Å². The molecule has 0 saturated heterocycles. The molecular formula is C31H23BF6N2O5. The van der Waals surface area contributed by atoms with Gasteiger partial charge in [-0.2, -0.15) is 26.3 Å². The molecule has 0 unspecified atom stereocenters. The van der Waals surface area contributed by atoms with Gasteiger partial charge in [-0.3, -0.25) is 9.59 Å². The van der Waals surface area contributed by atoms with E-state index in [1.165, 1.54) is 24.3 Å². The van der Waals surface area contributed by atoms with Crippen molar-refractivity contribution in [1.82, 2.24) is 0 Å². The second-order valence-electron chi connectivity index (χ2n) is 9.88. The summed E-state index contributed by atoms with van der Waals surface area (Å²) in [6, 6.07) is 15.7. The normalized spacial score (nSPS) is 11.9. The first kappa shape index (κ1) is 32.8. The zero-order valence-corrected chi connectivity index (χ0v) is 23.5. The second kappa shape index (κ2) is 12.5. The second-order valence-corrected chi connectivity index (χ2v) is 9.88. The Morgan fingerprint density at radius 2 is 1.24 bits per heavy atom. The van der Waals surface area contributed by atoms with E-state index in [9.17, 15) is 41.0 Å². The predicted molar refractivity (Wildman–Crippen MR) is 154 cm³/mol. The SMILES string of the molecule is [B]Oc1ccc(C(c2ccc(O)c(NC(=O)c3ccc(Oc4ccc(C)cc4)cc3)c2)(C(F)(F)F)C(F)(F)F)cc1NC(C)=O. The Labute approximate surface area is 254 Å². The van der Waals surface area contributed by atoms with Crippen LogP contribution in [0, 0.1) is 6.92 Å². The molecule has 14 heteroatoms. The molecule has 0 aliphatic carbocycles. The molecule has 0 aromatic heterocycles. The molecular weight excluding hydrogens is 605 g/mol. The maximum Gasteiger partial charge on any atom is 0.411 e. The molecule has 4 aromatic carbocycles. The van der Waals surface area contributed by atoms with Gasteiger partial charge in [0.1, 0.15) is 23.0 Å². The number of hydrogen-bond donors (Lipinski definition) is 3. The van der Waals surface area contributed by atoms with Crippen molar-refractivity contribution in [3.8, 4) is 23.0 Å². The van der Waals surface area contributed by atoms with Crippen molar-refractivity contribution in [3.63, 3.8) is 0 Å². The minimum absolute atomic E-state index is 0.0358. The topological polar surface area (TPSA) is 96.9 Å². The van der Waals surface area contributed by atoms with Crippen LogP contribution in [0.5, 0.6) is 23.0 Å². The van der Waals surface area contributed by atoms with Gasteiger partial charge >= 0.3 is 20.4 Å². The van der Waals surface area contributed by atoms with Crippen LogP contribution in [0.25, 0.3) is 0 Å². The third-order valence-corrected chi connectivity index (χ3v) is 6.75. The lowest BCUT2D eigenvalue weighted by molar-refractivity contribution is -0.288. The number of phenols is 1. The van der Waals surface area contributed by atoms with Crippen LogP contribution in [0.4, 0.5) is 37.7 Å². The molecule has 0 spiro atoms. The zero-order chi connectivity index (χ0) is 33.2. The van der Waals surface area contributed by atoms with Gasteiger partial charge in [0.2, 0.25) is 11.3 Å². The molecule has 7 nitrogen and oxygen atoms in total. The van der Waals surface area contributed by atoms with Gasteiger partial charge in [0.05, 0.1) is 11.4 Å². The van der Waals surface area contributed by atoms with Gasteiger partial charge in [-0.05, 0) is 78.7 Å². The summed E-state index contributed by atoms with van der Waals surface area (Å²) in [7, 11) is 5.08. The molecule has 2 radical (unpaired) electrons. The minimum Gasteiger partial charge on any atom is -0.566 e. The van der Waals surface area contributed by atoms with E-state index in [4.69, 9.17) is 12.8 Å². The number of carbonyl (C=O) groups is 2. The number of alkyl halides is 6. The fourth-order valence-corrected chi connectivity index (χ4v) is 4.62. The van der Waals surface area contributed by atoms with Gasteiger partial charge in [-0.15, -0.1) is 0 Å². The highest BCUT2D eigenvalue weighted by molar-refractivity contribution is 6.05. The molecule has 4 rings (SSSR count). The number of amides is 2. The number of nitrogens with one attached hydrogen (secondary N) is 2. The number of ether oxygens (including phenoxy) is 1. The lowest BCUT2D eigenvalue weighted by Crippen LogP contribution is -2.54. The maximum absolute atomic E-state index is 14.8. The number of halogens is 6. The van der Waals surface area contributed by atoms with Gasteiger partial charge in [0.25, 0.3) is 5.91 Å². The van der Waals surface area contributed by atoms with Gasteiger partial charge in [0.15, 0.2) is 0 Å². The molecule has 2 amide bonds. The minimum atomic E-state index is -6.02. The Hall–Kier alpha value is -5.14. The van der Waals surface area contributed by atoms with Crippen LogP contribution in [-0.2, 0) is 10.2 Å². The highest BCUT2D eigenvalue weighted by Crippen LogP contribution is 2.57. The fourth-order valence-electron chi connectivity index (χ4n) is 4.62. The Kier molecular flexibility index (Phi) is 9.08. The van der Waals surface area contributed by atoms with Crippen LogP contribution in [-0.4, -0.2) is 37.3 Å². The van der Waals surface area contributed by atoms with Crippen LogP contribution < -0.4 is 20.0 Å². The van der Waals surface area contributed by atoms with Crippen molar-refractivity contribution >= 4 is 31.2 Å². The molecule has 0 atom stereocenters. The van der Waals surface area contributed by atoms with Gasteiger partial charge in [0, 0.05) is 12.5 Å².